The van der Waals surface area contributed by atoms with Gasteiger partial charge in [-0.2, -0.15) is 0 Å². The normalized spacial score (nSPS) is 17.5. The van der Waals surface area contributed by atoms with Crippen molar-refractivity contribution in [2.75, 3.05) is 17.2 Å². The first-order chi connectivity index (χ1) is 9.06. The predicted octanol–water partition coefficient (Wildman–Crippen LogP) is 1.46. The fourth-order valence-corrected chi connectivity index (χ4v) is 1.66. The minimum atomic E-state index is -0.984. The number of hydrogen-bond donors (Lipinski definition) is 3. The van der Waals surface area contributed by atoms with Crippen molar-refractivity contribution in [1.82, 2.24) is 0 Å². The van der Waals surface area contributed by atoms with Crippen LogP contribution >= 0.6 is 0 Å². The van der Waals surface area contributed by atoms with E-state index in [0.717, 1.165) is 11.8 Å². The summed E-state index contributed by atoms with van der Waals surface area (Å²) in [6, 6.07) is 5.31. The number of carbonyl (C=O) groups is 2. The van der Waals surface area contributed by atoms with Crippen molar-refractivity contribution >= 4 is 23.3 Å². The summed E-state index contributed by atoms with van der Waals surface area (Å²) in [4.78, 5) is 21.8. The molecule has 1 aromatic rings. The molecule has 6 nitrogen and oxygen atoms in total. The van der Waals surface area contributed by atoms with E-state index in [1.807, 2.05) is 0 Å². The standard InChI is InChI=1S/C13H14N2O4/c1-8-13(18)15-10-7-9(4-5-11(10)19-8)14-6-2-3-12(16)17/h2-5,7-8,14H,6H2,1H3,(H,15,18)(H,16,17)/b3-2+. The summed E-state index contributed by atoms with van der Waals surface area (Å²) in [6.45, 7) is 2.07. The Hall–Kier alpha value is -2.50. The molecular weight excluding hydrogens is 248 g/mol. The van der Waals surface area contributed by atoms with E-state index in [0.29, 0.717) is 18.0 Å². The average molecular weight is 262 g/mol. The lowest BCUT2D eigenvalue weighted by atomic mass is 10.2. The van der Waals surface area contributed by atoms with Gasteiger partial charge >= 0.3 is 5.97 Å². The Labute approximate surface area is 110 Å². The van der Waals surface area contributed by atoms with Crippen LogP contribution in [0.25, 0.3) is 0 Å². The molecule has 0 saturated carbocycles. The van der Waals surface area contributed by atoms with E-state index in [9.17, 15) is 9.59 Å². The summed E-state index contributed by atoms with van der Waals surface area (Å²) in [6.07, 6.45) is 2.07. The van der Waals surface area contributed by atoms with Crippen LogP contribution in [0.15, 0.2) is 30.4 Å². The molecule has 0 aliphatic carbocycles. The number of hydrogen-bond acceptors (Lipinski definition) is 4. The lowest BCUT2D eigenvalue weighted by Gasteiger charge is -2.23. The molecule has 0 bridgehead atoms. The van der Waals surface area contributed by atoms with Crippen LogP contribution in [0.2, 0.25) is 0 Å². The Bertz CT molecular complexity index is 539. The fourth-order valence-electron chi connectivity index (χ4n) is 1.66. The van der Waals surface area contributed by atoms with Crippen molar-refractivity contribution < 1.29 is 19.4 Å². The smallest absolute Gasteiger partial charge is 0.328 e. The largest absolute Gasteiger partial charge is 0.479 e. The third-order valence-corrected chi connectivity index (χ3v) is 2.59. The SMILES string of the molecule is CC1Oc2ccc(NC/C=C/C(=O)O)cc2NC1=O. The zero-order valence-corrected chi connectivity index (χ0v) is 10.3. The number of fused-ring (bicyclic) bond motifs is 1. The molecule has 1 aromatic carbocycles. The Morgan fingerprint density at radius 3 is 3.11 bits per heavy atom. The third-order valence-electron chi connectivity index (χ3n) is 2.59. The molecule has 2 rings (SSSR count). The van der Waals surface area contributed by atoms with Crippen molar-refractivity contribution in [3.05, 3.63) is 30.4 Å². The summed E-state index contributed by atoms with van der Waals surface area (Å²) >= 11 is 0. The number of rotatable bonds is 4. The predicted molar refractivity (Wildman–Crippen MR) is 70.4 cm³/mol. The number of aliphatic carboxylic acids is 1. The Morgan fingerprint density at radius 2 is 2.37 bits per heavy atom. The second-order valence-electron chi connectivity index (χ2n) is 4.08. The molecule has 19 heavy (non-hydrogen) atoms. The van der Waals surface area contributed by atoms with E-state index in [4.69, 9.17) is 9.84 Å². The lowest BCUT2D eigenvalue weighted by Crippen LogP contribution is -2.34. The van der Waals surface area contributed by atoms with Gasteiger partial charge in [0.1, 0.15) is 5.75 Å². The molecule has 1 aliphatic rings. The molecule has 1 aliphatic heterocycles. The third kappa shape index (κ3) is 3.25. The van der Waals surface area contributed by atoms with Crippen molar-refractivity contribution in [1.29, 1.82) is 0 Å². The summed E-state index contributed by atoms with van der Waals surface area (Å²) in [5.41, 5.74) is 1.38. The zero-order chi connectivity index (χ0) is 13.8. The summed E-state index contributed by atoms with van der Waals surface area (Å²) in [7, 11) is 0. The zero-order valence-electron chi connectivity index (χ0n) is 10.3. The Balaban J connectivity index is 2.03. The molecule has 100 valence electrons. The highest BCUT2D eigenvalue weighted by Crippen LogP contribution is 2.31. The molecule has 1 heterocycles. The van der Waals surface area contributed by atoms with E-state index in [1.165, 1.54) is 6.08 Å². The van der Waals surface area contributed by atoms with Gasteiger partial charge in [-0.15, -0.1) is 0 Å². The van der Waals surface area contributed by atoms with Gasteiger partial charge in [-0.3, -0.25) is 4.79 Å². The van der Waals surface area contributed by atoms with Gasteiger partial charge in [0.05, 0.1) is 5.69 Å². The maximum atomic E-state index is 11.5. The second kappa shape index (κ2) is 5.43. The van der Waals surface area contributed by atoms with Crippen LogP contribution in [0.1, 0.15) is 6.92 Å². The van der Waals surface area contributed by atoms with E-state index in [-0.39, 0.29) is 5.91 Å². The molecule has 1 atom stereocenters. The Kier molecular flexibility index (Phi) is 3.70. The molecule has 1 amide bonds. The van der Waals surface area contributed by atoms with E-state index >= 15 is 0 Å². The maximum Gasteiger partial charge on any atom is 0.328 e. The van der Waals surface area contributed by atoms with Gasteiger partial charge < -0.3 is 20.5 Å². The van der Waals surface area contributed by atoms with Crippen molar-refractivity contribution in [3.63, 3.8) is 0 Å². The second-order valence-corrected chi connectivity index (χ2v) is 4.08. The van der Waals surface area contributed by atoms with E-state index < -0.39 is 12.1 Å². The summed E-state index contributed by atoms with van der Waals surface area (Å²) in [5.74, 6) is -0.545. The summed E-state index contributed by atoms with van der Waals surface area (Å²) < 4.78 is 5.42. The first-order valence-electron chi connectivity index (χ1n) is 5.81. The number of ether oxygens (including phenoxy) is 1. The fraction of sp³-hybridized carbons (Fsp3) is 0.231. The molecule has 1 unspecified atom stereocenters. The molecule has 0 spiro atoms. The number of carboxylic acid groups (broad SMARTS) is 1. The number of amides is 1. The molecule has 0 fully saturated rings. The minimum absolute atomic E-state index is 0.185. The minimum Gasteiger partial charge on any atom is -0.479 e. The van der Waals surface area contributed by atoms with E-state index in [2.05, 4.69) is 10.6 Å². The lowest BCUT2D eigenvalue weighted by molar-refractivity contribution is -0.131. The average Bonchev–Trinajstić information content (AvgIpc) is 2.36. The van der Waals surface area contributed by atoms with Gasteiger partial charge in [0.15, 0.2) is 6.10 Å². The van der Waals surface area contributed by atoms with Gasteiger partial charge in [0.25, 0.3) is 5.91 Å². The van der Waals surface area contributed by atoms with Crippen LogP contribution < -0.4 is 15.4 Å². The van der Waals surface area contributed by atoms with Gasteiger partial charge in [-0.05, 0) is 25.1 Å². The molecule has 0 saturated heterocycles. The van der Waals surface area contributed by atoms with Gasteiger partial charge in [0.2, 0.25) is 0 Å². The van der Waals surface area contributed by atoms with Crippen LogP contribution in [0.3, 0.4) is 0 Å². The quantitative estimate of drug-likeness (QED) is 0.715. The van der Waals surface area contributed by atoms with E-state index in [1.54, 1.807) is 25.1 Å². The molecular formula is C13H14N2O4. The number of carboxylic acids is 1. The van der Waals surface area contributed by atoms with Crippen LogP contribution in [0, 0.1) is 0 Å². The first-order valence-corrected chi connectivity index (χ1v) is 5.81. The highest BCUT2D eigenvalue weighted by atomic mass is 16.5. The van der Waals surface area contributed by atoms with Crippen LogP contribution in [0.4, 0.5) is 11.4 Å². The molecule has 6 heteroatoms. The number of nitrogens with one attached hydrogen (secondary N) is 2. The molecule has 0 radical (unpaired) electrons. The van der Waals surface area contributed by atoms with Crippen molar-refractivity contribution in [2.45, 2.75) is 13.0 Å². The first kappa shape index (κ1) is 12.9. The van der Waals surface area contributed by atoms with Crippen LogP contribution in [-0.2, 0) is 9.59 Å². The number of carbonyl (C=O) groups excluding carboxylic acids is 1. The van der Waals surface area contributed by atoms with Gasteiger partial charge in [-0.25, -0.2) is 4.79 Å². The number of benzene rings is 1. The highest BCUT2D eigenvalue weighted by Gasteiger charge is 2.23. The topological polar surface area (TPSA) is 87.7 Å². The van der Waals surface area contributed by atoms with Gasteiger partial charge in [-0.1, -0.05) is 6.08 Å². The van der Waals surface area contributed by atoms with Gasteiger partial charge in [0, 0.05) is 18.3 Å². The van der Waals surface area contributed by atoms with Crippen LogP contribution in [-0.4, -0.2) is 29.6 Å². The molecule has 0 aromatic heterocycles. The van der Waals surface area contributed by atoms with Crippen LogP contribution in [0.5, 0.6) is 5.75 Å². The van der Waals surface area contributed by atoms with Crippen molar-refractivity contribution in [2.24, 2.45) is 0 Å². The molecule has 3 N–H and O–H groups in total. The number of anilines is 2. The maximum absolute atomic E-state index is 11.5. The summed E-state index contributed by atoms with van der Waals surface area (Å²) in [5, 5.41) is 14.2. The Morgan fingerprint density at radius 1 is 1.58 bits per heavy atom. The highest BCUT2D eigenvalue weighted by molar-refractivity contribution is 5.98. The monoisotopic (exact) mass is 262 g/mol. The van der Waals surface area contributed by atoms with Crippen molar-refractivity contribution in [3.8, 4) is 5.75 Å².